The van der Waals surface area contributed by atoms with Crippen LogP contribution in [0.4, 0.5) is 0 Å². The zero-order valence-corrected chi connectivity index (χ0v) is 13.6. The molecular weight excluding hydrogens is 330 g/mol. The third-order valence-electron chi connectivity index (χ3n) is 4.04. The van der Waals surface area contributed by atoms with Gasteiger partial charge in [-0.15, -0.1) is 0 Å². The van der Waals surface area contributed by atoms with Crippen molar-refractivity contribution in [3.63, 3.8) is 0 Å². The van der Waals surface area contributed by atoms with Crippen LogP contribution in [0.2, 0.25) is 0 Å². The zero-order chi connectivity index (χ0) is 18.1. The Bertz CT molecular complexity index is 685. The van der Waals surface area contributed by atoms with Gasteiger partial charge >= 0.3 is 11.9 Å². The molecule has 3 fully saturated rings. The Balaban J connectivity index is 0.000000197. The Morgan fingerprint density at radius 1 is 0.800 bits per heavy atom. The number of nitrogens with zero attached hydrogens (tertiary/aromatic N) is 3. The summed E-state index contributed by atoms with van der Waals surface area (Å²) in [5, 5.41) is 15.8. The van der Waals surface area contributed by atoms with Gasteiger partial charge in [0.05, 0.1) is 18.5 Å². The maximum absolute atomic E-state index is 12.4. The molecule has 134 valence electrons. The molecule has 9 nitrogen and oxygen atoms in total. The number of hydrogen-bond acceptors (Lipinski definition) is 7. The topological polar surface area (TPSA) is 118 Å². The molecule has 25 heavy (non-hydrogen) atoms. The highest BCUT2D eigenvalue weighted by Gasteiger charge is 2.43. The van der Waals surface area contributed by atoms with E-state index in [1.54, 1.807) is 0 Å². The Labute approximate surface area is 143 Å². The standard InChI is InChI=1S/C12H13N3O2.C4H6O4/c16-9-7-8(13-1-2-13)12(17)11(15-5-6-15)10(9)14-3-4-14;5-3(6)1-2-4(7)8/h7H,1-6H2;1-2H2,(H,5,6)(H,7,8). The van der Waals surface area contributed by atoms with E-state index in [-0.39, 0.29) is 24.4 Å². The molecule has 4 aliphatic rings. The van der Waals surface area contributed by atoms with Gasteiger partial charge in [-0.25, -0.2) is 0 Å². The van der Waals surface area contributed by atoms with E-state index in [0.717, 1.165) is 39.3 Å². The van der Waals surface area contributed by atoms with Crippen molar-refractivity contribution in [2.75, 3.05) is 39.3 Å². The summed E-state index contributed by atoms with van der Waals surface area (Å²) in [5.41, 5.74) is 1.89. The number of ketones is 2. The van der Waals surface area contributed by atoms with Gasteiger partial charge in [0.2, 0.25) is 11.6 Å². The number of carboxylic acid groups (broad SMARTS) is 2. The highest BCUT2D eigenvalue weighted by Crippen LogP contribution is 2.33. The van der Waals surface area contributed by atoms with E-state index in [2.05, 4.69) is 0 Å². The Morgan fingerprint density at radius 3 is 1.64 bits per heavy atom. The third kappa shape index (κ3) is 4.17. The molecule has 0 spiro atoms. The van der Waals surface area contributed by atoms with Crippen LogP contribution in [-0.4, -0.2) is 87.7 Å². The summed E-state index contributed by atoms with van der Waals surface area (Å²) in [6.45, 7) is 5.41. The molecule has 0 aromatic rings. The first kappa shape index (κ1) is 17.0. The number of carboxylic acids is 2. The van der Waals surface area contributed by atoms with E-state index in [1.165, 1.54) is 6.08 Å². The molecule has 0 saturated carbocycles. The number of Topliss-reactive ketones (excluding diaryl/α,β-unsaturated/α-hetero) is 1. The number of hydrogen-bond donors (Lipinski definition) is 2. The van der Waals surface area contributed by atoms with Crippen molar-refractivity contribution in [2.45, 2.75) is 12.8 Å². The fourth-order valence-electron chi connectivity index (χ4n) is 2.49. The van der Waals surface area contributed by atoms with E-state index in [0.29, 0.717) is 17.1 Å². The highest BCUT2D eigenvalue weighted by atomic mass is 16.4. The van der Waals surface area contributed by atoms with E-state index in [1.807, 2.05) is 14.7 Å². The van der Waals surface area contributed by atoms with E-state index in [4.69, 9.17) is 10.2 Å². The average Bonchev–Trinajstić information content (AvgIpc) is 3.37. The lowest BCUT2D eigenvalue weighted by molar-refractivity contribution is -0.143. The summed E-state index contributed by atoms with van der Waals surface area (Å²) in [7, 11) is 0. The largest absolute Gasteiger partial charge is 0.481 e. The summed E-state index contributed by atoms with van der Waals surface area (Å²) in [6.07, 6.45) is 0.931. The molecular formula is C16H19N3O6. The minimum Gasteiger partial charge on any atom is -0.481 e. The molecule has 0 aromatic heterocycles. The molecule has 9 heteroatoms. The first-order valence-corrected chi connectivity index (χ1v) is 8.12. The zero-order valence-electron chi connectivity index (χ0n) is 13.6. The molecule has 0 aromatic carbocycles. The van der Waals surface area contributed by atoms with Gasteiger partial charge < -0.3 is 24.9 Å². The van der Waals surface area contributed by atoms with Crippen LogP contribution in [0.1, 0.15) is 12.8 Å². The van der Waals surface area contributed by atoms with Gasteiger partial charge in [-0.1, -0.05) is 0 Å². The Kier molecular flexibility index (Phi) is 4.47. The first-order chi connectivity index (χ1) is 11.9. The highest BCUT2D eigenvalue weighted by molar-refractivity contribution is 6.22. The number of carbonyl (C=O) groups is 4. The normalized spacial score (nSPS) is 20.8. The lowest BCUT2D eigenvalue weighted by Gasteiger charge is -2.21. The SMILES string of the molecule is O=C(O)CCC(=O)O.O=C1C=C(N2CC2)C(=O)C(N2CC2)=C1N1CC1. The lowest BCUT2D eigenvalue weighted by Crippen LogP contribution is -2.29. The molecule has 4 rings (SSSR count). The van der Waals surface area contributed by atoms with Crippen LogP contribution in [0.25, 0.3) is 0 Å². The predicted molar refractivity (Wildman–Crippen MR) is 84.3 cm³/mol. The summed E-state index contributed by atoms with van der Waals surface area (Å²) < 4.78 is 0. The van der Waals surface area contributed by atoms with Crippen LogP contribution in [-0.2, 0) is 19.2 Å². The fraction of sp³-hybridized carbons (Fsp3) is 0.500. The van der Waals surface area contributed by atoms with E-state index < -0.39 is 11.9 Å². The molecule has 2 N–H and O–H groups in total. The minimum atomic E-state index is -1.08. The third-order valence-corrected chi connectivity index (χ3v) is 4.04. The van der Waals surface area contributed by atoms with Crippen LogP contribution < -0.4 is 0 Å². The van der Waals surface area contributed by atoms with E-state index in [9.17, 15) is 19.2 Å². The summed E-state index contributed by atoms with van der Waals surface area (Å²) in [4.78, 5) is 49.7. The molecule has 0 radical (unpaired) electrons. The van der Waals surface area contributed by atoms with Gasteiger partial charge in [-0.3, -0.25) is 19.2 Å². The van der Waals surface area contributed by atoms with Gasteiger partial charge in [-0.2, -0.15) is 0 Å². The monoisotopic (exact) mass is 349 g/mol. The Hall–Kier alpha value is -2.84. The van der Waals surface area contributed by atoms with Gasteiger partial charge in [0.1, 0.15) is 11.4 Å². The minimum absolute atomic E-state index is 0.00546. The molecule has 3 saturated heterocycles. The van der Waals surface area contributed by atoms with Crippen molar-refractivity contribution in [3.05, 3.63) is 23.2 Å². The van der Waals surface area contributed by atoms with Gasteiger partial charge in [0, 0.05) is 45.3 Å². The molecule has 1 aliphatic carbocycles. The molecule has 0 bridgehead atoms. The smallest absolute Gasteiger partial charge is 0.303 e. The predicted octanol–water partition coefficient (Wildman–Crippen LogP) is -0.884. The van der Waals surface area contributed by atoms with Crippen molar-refractivity contribution in [2.24, 2.45) is 0 Å². The maximum Gasteiger partial charge on any atom is 0.303 e. The second kappa shape index (κ2) is 6.58. The van der Waals surface area contributed by atoms with Crippen LogP contribution >= 0.6 is 0 Å². The molecule has 3 aliphatic heterocycles. The van der Waals surface area contributed by atoms with Gasteiger partial charge in [0.25, 0.3) is 0 Å². The number of allylic oxidation sites excluding steroid dienone is 1. The van der Waals surface area contributed by atoms with Crippen LogP contribution in [0.3, 0.4) is 0 Å². The van der Waals surface area contributed by atoms with Crippen LogP contribution in [0.5, 0.6) is 0 Å². The molecule has 0 amide bonds. The first-order valence-electron chi connectivity index (χ1n) is 8.12. The molecule has 0 unspecified atom stereocenters. The van der Waals surface area contributed by atoms with Crippen molar-refractivity contribution in [3.8, 4) is 0 Å². The van der Waals surface area contributed by atoms with Crippen molar-refractivity contribution in [1.29, 1.82) is 0 Å². The summed E-state index contributed by atoms with van der Waals surface area (Å²) in [5.74, 6) is -2.10. The molecule has 3 heterocycles. The van der Waals surface area contributed by atoms with Crippen LogP contribution in [0, 0.1) is 0 Å². The van der Waals surface area contributed by atoms with Gasteiger partial charge in [0.15, 0.2) is 0 Å². The van der Waals surface area contributed by atoms with Crippen molar-refractivity contribution >= 4 is 23.5 Å². The lowest BCUT2D eigenvalue weighted by atomic mass is 10.0. The summed E-state index contributed by atoms with van der Waals surface area (Å²) in [6, 6.07) is 0. The number of rotatable bonds is 6. The Morgan fingerprint density at radius 2 is 1.24 bits per heavy atom. The van der Waals surface area contributed by atoms with Gasteiger partial charge in [-0.05, 0) is 0 Å². The molecule has 0 atom stereocenters. The van der Waals surface area contributed by atoms with E-state index >= 15 is 0 Å². The average molecular weight is 349 g/mol. The quantitative estimate of drug-likeness (QED) is 0.465. The number of carbonyl (C=O) groups excluding carboxylic acids is 2. The van der Waals surface area contributed by atoms with Crippen molar-refractivity contribution in [1.82, 2.24) is 14.7 Å². The number of aliphatic carboxylic acids is 2. The summed E-state index contributed by atoms with van der Waals surface area (Å²) >= 11 is 0. The fourth-order valence-corrected chi connectivity index (χ4v) is 2.49. The second-order valence-corrected chi connectivity index (χ2v) is 6.17. The second-order valence-electron chi connectivity index (χ2n) is 6.17. The van der Waals surface area contributed by atoms with Crippen LogP contribution in [0.15, 0.2) is 23.2 Å². The maximum atomic E-state index is 12.4. The van der Waals surface area contributed by atoms with Crippen molar-refractivity contribution < 1.29 is 29.4 Å².